The molecule has 264 valence electrons. The summed E-state index contributed by atoms with van der Waals surface area (Å²) >= 11 is 5.68. The number of nitrogens with zero attached hydrogens (tertiary/aromatic N) is 2. The van der Waals surface area contributed by atoms with Crippen molar-refractivity contribution in [2.45, 2.75) is 49.6 Å². The maximum absolute atomic E-state index is 13.7. The zero-order chi connectivity index (χ0) is 35.8. The van der Waals surface area contributed by atoms with Crippen molar-refractivity contribution in [2.75, 3.05) is 23.8 Å². The van der Waals surface area contributed by atoms with Crippen molar-refractivity contribution >= 4 is 51.1 Å². The highest BCUT2D eigenvalue weighted by molar-refractivity contribution is 6.31. The summed E-state index contributed by atoms with van der Waals surface area (Å²) in [5.41, 5.74) is -1.32. The Morgan fingerprint density at radius 3 is 2.42 bits per heavy atom. The fraction of sp³-hybridized carbons (Fsp3) is 0.294. The van der Waals surface area contributed by atoms with Crippen LogP contribution in [-0.2, 0) is 23.6 Å². The summed E-state index contributed by atoms with van der Waals surface area (Å²) in [6.45, 7) is -0.332. The summed E-state index contributed by atoms with van der Waals surface area (Å²) in [4.78, 5) is 17.5. The van der Waals surface area contributed by atoms with Gasteiger partial charge in [-0.3, -0.25) is 0 Å². The Hall–Kier alpha value is -4.57. The number of aromatic nitrogens is 2. The molecule has 1 aromatic heterocycles. The van der Waals surface area contributed by atoms with Crippen LogP contribution >= 0.6 is 11.6 Å². The van der Waals surface area contributed by atoms with E-state index < -0.39 is 58.8 Å². The fourth-order valence-electron chi connectivity index (χ4n) is 5.99. The van der Waals surface area contributed by atoms with Gasteiger partial charge in [0.25, 0.3) is 0 Å². The van der Waals surface area contributed by atoms with Gasteiger partial charge in [-0.2, -0.15) is 26.3 Å². The number of amides is 2. The molecule has 1 saturated heterocycles. The Kier molecular flexibility index (Phi) is 9.86. The minimum absolute atomic E-state index is 0.0358. The van der Waals surface area contributed by atoms with Gasteiger partial charge in [0.05, 0.1) is 64.7 Å². The molecule has 2 amide bonds. The second kappa shape index (κ2) is 14.0. The van der Waals surface area contributed by atoms with Crippen molar-refractivity contribution in [2.24, 2.45) is 0 Å². The lowest BCUT2D eigenvalue weighted by atomic mass is 9.96. The number of carbonyl (C=O) groups excluding carboxylic acids is 1. The van der Waals surface area contributed by atoms with Crippen LogP contribution in [0.5, 0.6) is 0 Å². The highest BCUT2D eigenvalue weighted by atomic mass is 35.5. The number of alkyl halides is 6. The SMILES string of the molecule is O=C(Nc1ccc(Cl)c(C(F)(F)F)c1)NC1COCC(O)CC(n2c(NCc3ccc4ccccc4c3)nc3cc(C(F)(F)F)ccc32)C1O. The van der Waals surface area contributed by atoms with Crippen molar-refractivity contribution in [1.82, 2.24) is 14.9 Å². The molecule has 6 rings (SSSR count). The summed E-state index contributed by atoms with van der Waals surface area (Å²) in [5, 5.41) is 31.9. The number of benzene rings is 4. The van der Waals surface area contributed by atoms with E-state index in [1.807, 2.05) is 42.5 Å². The Labute approximate surface area is 285 Å². The third-order valence-corrected chi connectivity index (χ3v) is 8.72. The van der Waals surface area contributed by atoms with Gasteiger partial charge < -0.3 is 35.5 Å². The number of imidazole rings is 1. The second-order valence-corrected chi connectivity index (χ2v) is 12.3. The number of aliphatic hydroxyl groups is 2. The minimum Gasteiger partial charge on any atom is -0.391 e. The van der Waals surface area contributed by atoms with Crippen LogP contribution in [0.1, 0.15) is 29.2 Å². The number of anilines is 2. The van der Waals surface area contributed by atoms with Crippen LogP contribution < -0.4 is 16.0 Å². The van der Waals surface area contributed by atoms with Crippen LogP contribution in [0.25, 0.3) is 21.8 Å². The van der Waals surface area contributed by atoms with Gasteiger partial charge in [-0.25, -0.2) is 9.78 Å². The molecule has 0 radical (unpaired) electrons. The first-order valence-electron chi connectivity index (χ1n) is 15.4. The lowest BCUT2D eigenvalue weighted by molar-refractivity contribution is -0.138. The van der Waals surface area contributed by atoms with E-state index in [1.54, 1.807) is 0 Å². The molecule has 9 nitrogen and oxygen atoms in total. The van der Waals surface area contributed by atoms with Gasteiger partial charge in [0.2, 0.25) is 5.95 Å². The maximum atomic E-state index is 13.7. The molecule has 4 unspecified atom stereocenters. The average molecular weight is 722 g/mol. The topological polar surface area (TPSA) is 121 Å². The summed E-state index contributed by atoms with van der Waals surface area (Å²) in [6, 6.07) is 16.0. The predicted octanol–water partition coefficient (Wildman–Crippen LogP) is 7.37. The van der Waals surface area contributed by atoms with E-state index >= 15 is 0 Å². The average Bonchev–Trinajstić information content (AvgIpc) is 3.42. The maximum Gasteiger partial charge on any atom is 0.417 e. The van der Waals surface area contributed by atoms with Crippen LogP contribution in [-0.4, -0.2) is 57.3 Å². The number of fused-ring (bicyclic) bond motifs is 2. The molecular weight excluding hydrogens is 692 g/mol. The fourth-order valence-corrected chi connectivity index (χ4v) is 6.22. The van der Waals surface area contributed by atoms with Gasteiger partial charge in [-0.15, -0.1) is 0 Å². The van der Waals surface area contributed by atoms with E-state index in [9.17, 15) is 41.4 Å². The van der Waals surface area contributed by atoms with Crippen LogP contribution in [0.3, 0.4) is 0 Å². The molecule has 16 heteroatoms. The Morgan fingerprint density at radius 1 is 0.920 bits per heavy atom. The molecule has 0 spiro atoms. The lowest BCUT2D eigenvalue weighted by Crippen LogP contribution is -2.53. The van der Waals surface area contributed by atoms with Gasteiger partial charge in [0.1, 0.15) is 0 Å². The predicted molar refractivity (Wildman–Crippen MR) is 175 cm³/mol. The zero-order valence-electron chi connectivity index (χ0n) is 25.9. The third-order valence-electron chi connectivity index (χ3n) is 8.39. The molecular formula is C34H30ClF6N5O4. The second-order valence-electron chi connectivity index (χ2n) is 11.9. The number of nitrogens with one attached hydrogen (secondary N) is 3. The van der Waals surface area contributed by atoms with Gasteiger partial charge in [-0.05, 0) is 65.2 Å². The highest BCUT2D eigenvalue weighted by Gasteiger charge is 2.38. The van der Waals surface area contributed by atoms with E-state index in [2.05, 4.69) is 20.9 Å². The lowest BCUT2D eigenvalue weighted by Gasteiger charge is -2.35. The molecule has 1 aliphatic heterocycles. The molecule has 5 aromatic rings. The van der Waals surface area contributed by atoms with E-state index in [0.29, 0.717) is 6.07 Å². The number of urea groups is 1. The number of aliphatic hydroxyl groups excluding tert-OH is 2. The van der Waals surface area contributed by atoms with Crippen molar-refractivity contribution < 1.29 is 46.1 Å². The molecule has 4 atom stereocenters. The highest BCUT2D eigenvalue weighted by Crippen LogP contribution is 2.38. The van der Waals surface area contributed by atoms with Crippen LogP contribution in [0.2, 0.25) is 5.02 Å². The Bertz CT molecular complexity index is 2020. The molecule has 2 heterocycles. The van der Waals surface area contributed by atoms with E-state index in [-0.39, 0.29) is 48.8 Å². The molecule has 0 saturated carbocycles. The summed E-state index contributed by atoms with van der Waals surface area (Å²) in [6.07, 6.45) is -12.3. The Balaban J connectivity index is 1.32. The summed E-state index contributed by atoms with van der Waals surface area (Å²) in [7, 11) is 0. The van der Waals surface area contributed by atoms with Crippen molar-refractivity contribution in [1.29, 1.82) is 0 Å². The smallest absolute Gasteiger partial charge is 0.391 e. The standard InChI is InChI=1S/C34H30ClF6N5O4/c35-25-9-8-22(13-24(25)34(39,40)41)43-32(49)45-27-17-50-16-23(47)14-29(30(27)48)46-28-10-7-21(33(36,37)38)12-26(28)44-31(46)42-15-18-5-6-19-3-1-2-4-20(19)11-18/h1-13,23,27,29-30,47-48H,14-17H2,(H,42,44)(H2,43,45,49). The van der Waals surface area contributed by atoms with Crippen LogP contribution in [0.15, 0.2) is 78.9 Å². The van der Waals surface area contributed by atoms with E-state index in [1.165, 1.54) is 16.7 Å². The number of rotatable bonds is 6. The zero-order valence-corrected chi connectivity index (χ0v) is 26.7. The number of halogens is 7. The normalized spacial score (nSPS) is 20.3. The van der Waals surface area contributed by atoms with Gasteiger partial charge in [-0.1, -0.05) is 48.0 Å². The largest absolute Gasteiger partial charge is 0.417 e. The van der Waals surface area contributed by atoms with Crippen molar-refractivity contribution in [3.63, 3.8) is 0 Å². The summed E-state index contributed by atoms with van der Waals surface area (Å²) < 4.78 is 88.1. The minimum atomic E-state index is -4.78. The first kappa shape index (κ1) is 35.3. The Morgan fingerprint density at radius 2 is 1.68 bits per heavy atom. The van der Waals surface area contributed by atoms with Gasteiger partial charge >= 0.3 is 18.4 Å². The monoisotopic (exact) mass is 721 g/mol. The molecule has 0 aliphatic carbocycles. The third kappa shape index (κ3) is 7.75. The first-order valence-corrected chi connectivity index (χ1v) is 15.7. The van der Waals surface area contributed by atoms with Crippen LogP contribution in [0.4, 0.5) is 42.8 Å². The molecule has 1 aliphatic rings. The number of ether oxygens (including phenoxy) is 1. The molecule has 4 aromatic carbocycles. The molecule has 1 fully saturated rings. The molecule has 50 heavy (non-hydrogen) atoms. The first-order chi connectivity index (χ1) is 23.7. The quantitative estimate of drug-likeness (QED) is 0.117. The number of carbonyl (C=O) groups is 1. The van der Waals surface area contributed by atoms with E-state index in [4.69, 9.17) is 16.3 Å². The van der Waals surface area contributed by atoms with Crippen molar-refractivity contribution in [3.8, 4) is 0 Å². The molecule has 0 bridgehead atoms. The van der Waals surface area contributed by atoms with Gasteiger partial charge in [0, 0.05) is 12.2 Å². The number of hydrogen-bond donors (Lipinski definition) is 5. The number of hydrogen-bond acceptors (Lipinski definition) is 6. The van der Waals surface area contributed by atoms with E-state index in [0.717, 1.165) is 34.5 Å². The van der Waals surface area contributed by atoms with Gasteiger partial charge in [0.15, 0.2) is 0 Å². The van der Waals surface area contributed by atoms with Crippen LogP contribution in [0, 0.1) is 0 Å². The molecule has 5 N–H and O–H groups in total. The summed E-state index contributed by atoms with van der Waals surface area (Å²) in [5.74, 6) is 0.0919. The van der Waals surface area contributed by atoms with Crippen molar-refractivity contribution in [3.05, 3.63) is 101 Å².